The van der Waals surface area contributed by atoms with Crippen LogP contribution in [0.2, 0.25) is 0 Å². The zero-order valence-corrected chi connectivity index (χ0v) is 7.03. The van der Waals surface area contributed by atoms with Gasteiger partial charge in [0.25, 0.3) is 0 Å². The summed E-state index contributed by atoms with van der Waals surface area (Å²) in [5, 5.41) is 3.57. The molecular weight excluding hydrogens is 122 g/mol. The summed E-state index contributed by atoms with van der Waals surface area (Å²) in [6.45, 7) is 3.53. The van der Waals surface area contributed by atoms with Gasteiger partial charge in [-0.15, -0.1) is 0 Å². The Bertz CT molecular complexity index is 72.8. The molecule has 0 aromatic rings. The number of nitrogens with one attached hydrogen (secondary N) is 1. The lowest BCUT2D eigenvalue weighted by molar-refractivity contribution is 0.409. The minimum Gasteiger partial charge on any atom is -0.314 e. The molecule has 1 heterocycles. The fraction of sp³-hybridized carbons (Fsp3) is 1.00. The normalized spacial score (nSPS) is 29.1. The maximum absolute atomic E-state index is 3.57. The first kappa shape index (κ1) is 8.06. The minimum atomic E-state index is 0.820. The Morgan fingerprint density at radius 2 is 2.00 bits per heavy atom. The highest BCUT2D eigenvalue weighted by Gasteiger charge is 2.06. The van der Waals surface area contributed by atoms with Crippen LogP contribution in [-0.4, -0.2) is 12.6 Å². The summed E-state index contributed by atoms with van der Waals surface area (Å²) in [5.41, 5.74) is 0. The maximum Gasteiger partial charge on any atom is 0.00644 e. The molecule has 0 amide bonds. The molecule has 1 aliphatic rings. The third-order valence-corrected chi connectivity index (χ3v) is 2.41. The predicted octanol–water partition coefficient (Wildman–Crippen LogP) is 2.32. The first-order valence-corrected chi connectivity index (χ1v) is 4.67. The maximum atomic E-state index is 3.57. The minimum absolute atomic E-state index is 0.820. The largest absolute Gasteiger partial charge is 0.314 e. The van der Waals surface area contributed by atoms with Crippen LogP contribution in [0, 0.1) is 0 Å². The first-order chi connectivity index (χ1) is 4.93. The van der Waals surface area contributed by atoms with Gasteiger partial charge in [-0.25, -0.2) is 0 Å². The van der Waals surface area contributed by atoms with Crippen molar-refractivity contribution in [1.29, 1.82) is 0 Å². The van der Waals surface area contributed by atoms with Crippen molar-refractivity contribution in [1.82, 2.24) is 5.32 Å². The van der Waals surface area contributed by atoms with E-state index in [-0.39, 0.29) is 0 Å². The average molecular weight is 141 g/mol. The molecule has 0 aliphatic carbocycles. The van der Waals surface area contributed by atoms with Gasteiger partial charge in [0.15, 0.2) is 0 Å². The van der Waals surface area contributed by atoms with E-state index in [0.29, 0.717) is 0 Å². The highest BCUT2D eigenvalue weighted by Crippen LogP contribution is 2.10. The Morgan fingerprint density at radius 3 is 2.80 bits per heavy atom. The van der Waals surface area contributed by atoms with Gasteiger partial charge < -0.3 is 5.32 Å². The summed E-state index contributed by atoms with van der Waals surface area (Å²) in [5.74, 6) is 0. The molecule has 1 atom stereocenters. The van der Waals surface area contributed by atoms with Crippen LogP contribution in [0.25, 0.3) is 0 Å². The molecule has 0 radical (unpaired) electrons. The van der Waals surface area contributed by atoms with Crippen molar-refractivity contribution in [2.24, 2.45) is 0 Å². The molecule has 0 aromatic carbocycles. The lowest BCUT2D eigenvalue weighted by Crippen LogP contribution is -2.30. The van der Waals surface area contributed by atoms with Gasteiger partial charge in [0.05, 0.1) is 0 Å². The standard InChI is InChI=1S/C9H19N/c1-2-9-7-5-3-4-6-8-10-9/h9-10H,2-8H2,1H3. The molecule has 1 heteroatoms. The van der Waals surface area contributed by atoms with Gasteiger partial charge >= 0.3 is 0 Å². The van der Waals surface area contributed by atoms with Gasteiger partial charge in [0.2, 0.25) is 0 Å². The SMILES string of the molecule is CCC1CCCCCCN1. The van der Waals surface area contributed by atoms with Crippen molar-refractivity contribution in [3.05, 3.63) is 0 Å². The van der Waals surface area contributed by atoms with Crippen LogP contribution in [0.5, 0.6) is 0 Å². The van der Waals surface area contributed by atoms with E-state index >= 15 is 0 Å². The van der Waals surface area contributed by atoms with Gasteiger partial charge in [-0.3, -0.25) is 0 Å². The third kappa shape index (κ3) is 2.70. The summed E-state index contributed by atoms with van der Waals surface area (Å²) in [4.78, 5) is 0. The molecule has 0 saturated carbocycles. The van der Waals surface area contributed by atoms with E-state index in [4.69, 9.17) is 0 Å². The Kier molecular flexibility index (Phi) is 3.81. The van der Waals surface area contributed by atoms with Crippen LogP contribution in [0.15, 0.2) is 0 Å². The molecule has 1 unspecified atom stereocenters. The van der Waals surface area contributed by atoms with E-state index in [1.165, 1.54) is 45.1 Å². The van der Waals surface area contributed by atoms with Crippen molar-refractivity contribution in [2.45, 2.75) is 51.5 Å². The van der Waals surface area contributed by atoms with E-state index in [1.807, 2.05) is 0 Å². The molecule has 1 aliphatic heterocycles. The van der Waals surface area contributed by atoms with Gasteiger partial charge in [-0.05, 0) is 25.8 Å². The Labute approximate surface area is 64.2 Å². The second-order valence-corrected chi connectivity index (χ2v) is 3.26. The van der Waals surface area contributed by atoms with E-state index < -0.39 is 0 Å². The molecule has 1 saturated heterocycles. The molecule has 1 nitrogen and oxygen atoms in total. The molecule has 0 spiro atoms. The molecule has 1 rings (SSSR count). The highest BCUT2D eigenvalue weighted by atomic mass is 14.9. The number of rotatable bonds is 1. The topological polar surface area (TPSA) is 12.0 Å². The van der Waals surface area contributed by atoms with Gasteiger partial charge in [-0.2, -0.15) is 0 Å². The molecule has 0 aromatic heterocycles. The lowest BCUT2D eigenvalue weighted by Gasteiger charge is -2.19. The number of hydrogen-bond donors (Lipinski definition) is 1. The first-order valence-electron chi connectivity index (χ1n) is 4.67. The summed E-state index contributed by atoms with van der Waals surface area (Å²) < 4.78 is 0. The predicted molar refractivity (Wildman–Crippen MR) is 45.2 cm³/mol. The van der Waals surface area contributed by atoms with Crippen molar-refractivity contribution in [3.8, 4) is 0 Å². The van der Waals surface area contributed by atoms with Crippen molar-refractivity contribution < 1.29 is 0 Å². The summed E-state index contributed by atoms with van der Waals surface area (Å²) in [7, 11) is 0. The smallest absolute Gasteiger partial charge is 0.00644 e. The molecule has 0 bridgehead atoms. The Morgan fingerprint density at radius 1 is 1.20 bits per heavy atom. The molecule has 60 valence electrons. The zero-order chi connectivity index (χ0) is 7.23. The Hall–Kier alpha value is -0.0400. The molecular formula is C9H19N. The molecule has 10 heavy (non-hydrogen) atoms. The van der Waals surface area contributed by atoms with Crippen LogP contribution in [0.3, 0.4) is 0 Å². The van der Waals surface area contributed by atoms with Crippen LogP contribution < -0.4 is 5.32 Å². The second-order valence-electron chi connectivity index (χ2n) is 3.26. The summed E-state index contributed by atoms with van der Waals surface area (Å²) in [6.07, 6.45) is 8.42. The summed E-state index contributed by atoms with van der Waals surface area (Å²) in [6, 6.07) is 0.820. The van der Waals surface area contributed by atoms with Crippen LogP contribution >= 0.6 is 0 Å². The number of hydrogen-bond acceptors (Lipinski definition) is 1. The Balaban J connectivity index is 2.16. The fourth-order valence-electron chi connectivity index (χ4n) is 1.63. The van der Waals surface area contributed by atoms with Crippen molar-refractivity contribution in [2.75, 3.05) is 6.54 Å². The monoisotopic (exact) mass is 141 g/mol. The van der Waals surface area contributed by atoms with E-state index in [9.17, 15) is 0 Å². The van der Waals surface area contributed by atoms with Gasteiger partial charge in [0, 0.05) is 6.04 Å². The van der Waals surface area contributed by atoms with Crippen molar-refractivity contribution >= 4 is 0 Å². The summed E-state index contributed by atoms with van der Waals surface area (Å²) >= 11 is 0. The van der Waals surface area contributed by atoms with Crippen molar-refractivity contribution in [3.63, 3.8) is 0 Å². The van der Waals surface area contributed by atoms with Crippen LogP contribution in [0.4, 0.5) is 0 Å². The van der Waals surface area contributed by atoms with E-state index in [0.717, 1.165) is 6.04 Å². The molecule has 1 N–H and O–H groups in total. The zero-order valence-electron chi connectivity index (χ0n) is 7.03. The second kappa shape index (κ2) is 4.73. The van der Waals surface area contributed by atoms with E-state index in [1.54, 1.807) is 0 Å². The fourth-order valence-corrected chi connectivity index (χ4v) is 1.63. The van der Waals surface area contributed by atoms with Crippen LogP contribution in [0.1, 0.15) is 45.4 Å². The highest BCUT2D eigenvalue weighted by molar-refractivity contribution is 4.67. The molecule has 1 fully saturated rings. The average Bonchev–Trinajstić information content (AvgIpc) is 1.87. The quantitative estimate of drug-likeness (QED) is 0.591. The third-order valence-electron chi connectivity index (χ3n) is 2.41. The van der Waals surface area contributed by atoms with Crippen LogP contribution in [-0.2, 0) is 0 Å². The van der Waals surface area contributed by atoms with E-state index in [2.05, 4.69) is 12.2 Å². The van der Waals surface area contributed by atoms with Gasteiger partial charge in [0.1, 0.15) is 0 Å². The lowest BCUT2D eigenvalue weighted by atomic mass is 10.0. The van der Waals surface area contributed by atoms with Gasteiger partial charge in [-0.1, -0.05) is 26.2 Å².